The highest BCUT2D eigenvalue weighted by molar-refractivity contribution is 5.41. The molecule has 0 bridgehead atoms. The molecule has 2 atom stereocenters. The van der Waals surface area contributed by atoms with E-state index >= 15 is 0 Å². The maximum absolute atomic E-state index is 5.92. The maximum Gasteiger partial charge on any atom is 0.123 e. The second-order valence-electron chi connectivity index (χ2n) is 7.09. The fraction of sp³-hybridized carbons (Fsp3) is 0.684. The molecule has 2 unspecified atom stereocenters. The zero-order chi connectivity index (χ0) is 15.5. The van der Waals surface area contributed by atoms with Crippen LogP contribution in [0, 0.1) is 0 Å². The molecule has 2 nitrogen and oxygen atoms in total. The molecule has 1 saturated heterocycles. The highest BCUT2D eigenvalue weighted by Gasteiger charge is 2.36. The average molecular weight is 290 g/mol. The van der Waals surface area contributed by atoms with Crippen molar-refractivity contribution in [3.05, 3.63) is 29.3 Å². The van der Waals surface area contributed by atoms with Crippen molar-refractivity contribution in [2.75, 3.05) is 6.61 Å². The van der Waals surface area contributed by atoms with Crippen LogP contribution in [0.25, 0.3) is 0 Å². The van der Waals surface area contributed by atoms with Gasteiger partial charge in [-0.1, -0.05) is 46.8 Å². The van der Waals surface area contributed by atoms with Gasteiger partial charge in [0.2, 0.25) is 0 Å². The van der Waals surface area contributed by atoms with E-state index in [4.69, 9.17) is 9.47 Å². The lowest BCUT2D eigenvalue weighted by Crippen LogP contribution is -2.14. The summed E-state index contributed by atoms with van der Waals surface area (Å²) in [6, 6.07) is 6.69. The van der Waals surface area contributed by atoms with E-state index < -0.39 is 0 Å². The smallest absolute Gasteiger partial charge is 0.123 e. The van der Waals surface area contributed by atoms with E-state index in [2.05, 4.69) is 52.8 Å². The molecular weight excluding hydrogens is 260 g/mol. The van der Waals surface area contributed by atoms with Crippen LogP contribution in [0.3, 0.4) is 0 Å². The Morgan fingerprint density at radius 1 is 1.14 bits per heavy atom. The van der Waals surface area contributed by atoms with E-state index in [1.165, 1.54) is 11.1 Å². The summed E-state index contributed by atoms with van der Waals surface area (Å²) in [6.07, 6.45) is 5.42. The molecule has 0 aliphatic carbocycles. The molecule has 1 aromatic carbocycles. The van der Waals surface area contributed by atoms with Crippen molar-refractivity contribution in [1.82, 2.24) is 0 Å². The van der Waals surface area contributed by atoms with Crippen LogP contribution >= 0.6 is 0 Å². The number of hydrogen-bond donors (Lipinski definition) is 0. The fourth-order valence-corrected chi connectivity index (χ4v) is 2.76. The minimum atomic E-state index is 0.112. The monoisotopic (exact) mass is 290 g/mol. The number of aryl methyl sites for hydroxylation is 1. The first-order valence-corrected chi connectivity index (χ1v) is 8.37. The molecule has 2 rings (SSSR count). The lowest BCUT2D eigenvalue weighted by atomic mass is 9.85. The Morgan fingerprint density at radius 2 is 1.90 bits per heavy atom. The van der Waals surface area contributed by atoms with Crippen LogP contribution < -0.4 is 4.74 Å². The number of epoxide rings is 1. The third-order valence-corrected chi connectivity index (χ3v) is 4.12. The zero-order valence-corrected chi connectivity index (χ0v) is 14.2. The predicted octanol–water partition coefficient (Wildman–Crippen LogP) is 4.88. The van der Waals surface area contributed by atoms with Crippen LogP contribution in [0.5, 0.6) is 5.75 Å². The second-order valence-corrected chi connectivity index (χ2v) is 7.09. The summed E-state index contributed by atoms with van der Waals surface area (Å²) in [6.45, 7) is 11.9. The molecule has 1 aliphatic rings. The quantitative estimate of drug-likeness (QED) is 0.667. The van der Waals surface area contributed by atoms with Gasteiger partial charge in [0, 0.05) is 0 Å². The largest absolute Gasteiger partial charge is 0.493 e. The van der Waals surface area contributed by atoms with Crippen LogP contribution in [0.15, 0.2) is 18.2 Å². The predicted molar refractivity (Wildman–Crippen MR) is 88.2 cm³/mol. The molecule has 0 aromatic heterocycles. The van der Waals surface area contributed by atoms with E-state index in [9.17, 15) is 0 Å². The first-order chi connectivity index (χ1) is 9.95. The van der Waals surface area contributed by atoms with Crippen molar-refractivity contribution in [3.63, 3.8) is 0 Å². The van der Waals surface area contributed by atoms with Gasteiger partial charge in [-0.3, -0.25) is 0 Å². The highest BCUT2D eigenvalue weighted by atomic mass is 16.6. The molecule has 0 spiro atoms. The van der Waals surface area contributed by atoms with E-state index in [0.717, 1.165) is 38.0 Å². The van der Waals surface area contributed by atoms with Gasteiger partial charge in [-0.05, 0) is 48.3 Å². The third-order valence-electron chi connectivity index (χ3n) is 4.12. The fourth-order valence-electron chi connectivity index (χ4n) is 2.76. The Balaban J connectivity index is 2.05. The Labute approximate surface area is 129 Å². The minimum Gasteiger partial charge on any atom is -0.493 e. The summed E-state index contributed by atoms with van der Waals surface area (Å²) in [5, 5.41) is 0. The van der Waals surface area contributed by atoms with Crippen molar-refractivity contribution >= 4 is 0 Å². The summed E-state index contributed by atoms with van der Waals surface area (Å²) < 4.78 is 11.6. The maximum atomic E-state index is 5.92. The number of benzene rings is 1. The molecule has 1 heterocycles. The molecule has 1 aliphatic heterocycles. The van der Waals surface area contributed by atoms with Gasteiger partial charge in [-0.25, -0.2) is 0 Å². The Hall–Kier alpha value is -1.02. The van der Waals surface area contributed by atoms with E-state index in [0.29, 0.717) is 12.2 Å². The minimum absolute atomic E-state index is 0.112. The molecule has 21 heavy (non-hydrogen) atoms. The van der Waals surface area contributed by atoms with Crippen molar-refractivity contribution in [2.24, 2.45) is 0 Å². The van der Waals surface area contributed by atoms with Gasteiger partial charge in [-0.15, -0.1) is 0 Å². The summed E-state index contributed by atoms with van der Waals surface area (Å²) in [4.78, 5) is 0. The number of rotatable bonds is 7. The van der Waals surface area contributed by atoms with Crippen LogP contribution in [-0.2, 0) is 16.6 Å². The molecule has 2 heteroatoms. The SMILES string of the molecule is CCCOc1ccc(CCC2OC2CC)cc1C(C)(C)C. The van der Waals surface area contributed by atoms with Gasteiger partial charge in [0.25, 0.3) is 0 Å². The Kier molecular flexibility index (Phi) is 5.32. The van der Waals surface area contributed by atoms with Crippen LogP contribution in [0.2, 0.25) is 0 Å². The van der Waals surface area contributed by atoms with Gasteiger partial charge in [0.1, 0.15) is 5.75 Å². The lowest BCUT2D eigenvalue weighted by molar-refractivity contribution is 0.308. The van der Waals surface area contributed by atoms with Crippen molar-refractivity contribution in [1.29, 1.82) is 0 Å². The zero-order valence-electron chi connectivity index (χ0n) is 14.2. The third kappa shape index (κ3) is 4.47. The summed E-state index contributed by atoms with van der Waals surface area (Å²) >= 11 is 0. The van der Waals surface area contributed by atoms with Crippen molar-refractivity contribution in [2.45, 2.75) is 77.9 Å². The molecular formula is C19H30O2. The summed E-state index contributed by atoms with van der Waals surface area (Å²) in [5.41, 5.74) is 2.83. The summed E-state index contributed by atoms with van der Waals surface area (Å²) in [7, 11) is 0. The molecule has 1 aromatic rings. The molecule has 0 amide bonds. The second kappa shape index (κ2) is 6.83. The number of hydrogen-bond acceptors (Lipinski definition) is 2. The molecule has 118 valence electrons. The average Bonchev–Trinajstić information content (AvgIpc) is 3.21. The van der Waals surface area contributed by atoms with Crippen LogP contribution in [0.1, 0.15) is 65.0 Å². The van der Waals surface area contributed by atoms with Gasteiger partial charge < -0.3 is 9.47 Å². The van der Waals surface area contributed by atoms with Crippen molar-refractivity contribution < 1.29 is 9.47 Å². The van der Waals surface area contributed by atoms with E-state index in [-0.39, 0.29) is 5.41 Å². The topological polar surface area (TPSA) is 21.8 Å². The van der Waals surface area contributed by atoms with E-state index in [1.807, 2.05) is 0 Å². The Morgan fingerprint density at radius 3 is 2.48 bits per heavy atom. The highest BCUT2D eigenvalue weighted by Crippen LogP contribution is 2.34. The molecule has 0 N–H and O–H groups in total. The standard InChI is InChI=1S/C19H30O2/c1-6-12-20-17-10-8-14(13-15(17)19(3,4)5)9-11-18-16(7-2)21-18/h8,10,13,16,18H,6-7,9,11-12H2,1-5H3. The van der Waals surface area contributed by atoms with E-state index in [1.54, 1.807) is 0 Å². The van der Waals surface area contributed by atoms with Gasteiger partial charge in [-0.2, -0.15) is 0 Å². The van der Waals surface area contributed by atoms with Crippen molar-refractivity contribution in [3.8, 4) is 5.75 Å². The molecule has 1 fully saturated rings. The summed E-state index contributed by atoms with van der Waals surface area (Å²) in [5.74, 6) is 1.04. The van der Waals surface area contributed by atoms with Gasteiger partial charge in [0.05, 0.1) is 18.8 Å². The van der Waals surface area contributed by atoms with Gasteiger partial charge in [0.15, 0.2) is 0 Å². The first kappa shape index (κ1) is 16.4. The van der Waals surface area contributed by atoms with Gasteiger partial charge >= 0.3 is 0 Å². The molecule has 0 saturated carbocycles. The van der Waals surface area contributed by atoms with Crippen LogP contribution in [0.4, 0.5) is 0 Å². The molecule has 0 radical (unpaired) electrons. The Bertz CT molecular complexity index is 459. The number of ether oxygens (including phenoxy) is 2. The lowest BCUT2D eigenvalue weighted by Gasteiger charge is -2.23. The van der Waals surface area contributed by atoms with Crippen LogP contribution in [-0.4, -0.2) is 18.8 Å². The first-order valence-electron chi connectivity index (χ1n) is 8.37. The normalized spacial score (nSPS) is 21.4.